The first-order valence-corrected chi connectivity index (χ1v) is 6.94. The number of nitrogens with one attached hydrogen (secondary N) is 2. The smallest absolute Gasteiger partial charge is 0.407 e. The zero-order chi connectivity index (χ0) is 14.2. The number of hydrogen-bond acceptors (Lipinski definition) is 3. The van der Waals surface area contributed by atoms with E-state index in [1.54, 1.807) is 0 Å². The second-order valence-electron chi connectivity index (χ2n) is 6.05. The van der Waals surface area contributed by atoms with Gasteiger partial charge in [0, 0.05) is 6.04 Å². The molecule has 4 nitrogen and oxygen atoms in total. The summed E-state index contributed by atoms with van der Waals surface area (Å²) in [7, 11) is 0. The third-order valence-corrected chi connectivity index (χ3v) is 2.71. The molecule has 0 aliphatic carbocycles. The molecule has 4 heteroatoms. The van der Waals surface area contributed by atoms with Gasteiger partial charge in [0.25, 0.3) is 0 Å². The SMILES string of the molecule is CCC(C)CNCCC(C)NC(=O)OC(C)(C)C. The molecule has 0 fully saturated rings. The summed E-state index contributed by atoms with van der Waals surface area (Å²) in [6.07, 6.45) is 1.77. The van der Waals surface area contributed by atoms with E-state index in [4.69, 9.17) is 4.74 Å². The summed E-state index contributed by atoms with van der Waals surface area (Å²) in [4.78, 5) is 11.5. The van der Waals surface area contributed by atoms with Gasteiger partial charge in [0.05, 0.1) is 0 Å². The van der Waals surface area contributed by atoms with Gasteiger partial charge in [0.15, 0.2) is 0 Å². The van der Waals surface area contributed by atoms with Crippen LogP contribution in [0.4, 0.5) is 4.79 Å². The summed E-state index contributed by atoms with van der Waals surface area (Å²) in [6.45, 7) is 14.0. The number of carbonyl (C=O) groups is 1. The highest BCUT2D eigenvalue weighted by Crippen LogP contribution is 2.07. The Morgan fingerprint density at radius 1 is 1.28 bits per heavy atom. The van der Waals surface area contributed by atoms with E-state index in [9.17, 15) is 4.79 Å². The highest BCUT2D eigenvalue weighted by molar-refractivity contribution is 5.67. The number of ether oxygens (including phenoxy) is 1. The Balaban J connectivity index is 3.65. The lowest BCUT2D eigenvalue weighted by molar-refractivity contribution is 0.0506. The van der Waals surface area contributed by atoms with E-state index in [2.05, 4.69) is 24.5 Å². The zero-order valence-electron chi connectivity index (χ0n) is 12.8. The standard InChI is InChI=1S/C14H30N2O2/c1-7-11(2)10-15-9-8-12(3)16-13(17)18-14(4,5)6/h11-12,15H,7-10H2,1-6H3,(H,16,17). The van der Waals surface area contributed by atoms with Crippen LogP contribution in [0.2, 0.25) is 0 Å². The van der Waals surface area contributed by atoms with Crippen LogP contribution in [0.1, 0.15) is 54.4 Å². The molecule has 0 heterocycles. The van der Waals surface area contributed by atoms with Crippen LogP contribution < -0.4 is 10.6 Å². The lowest BCUT2D eigenvalue weighted by Gasteiger charge is -2.22. The van der Waals surface area contributed by atoms with Gasteiger partial charge < -0.3 is 15.4 Å². The predicted molar refractivity (Wildman–Crippen MR) is 75.8 cm³/mol. The van der Waals surface area contributed by atoms with Crippen LogP contribution in [0.15, 0.2) is 0 Å². The van der Waals surface area contributed by atoms with E-state index < -0.39 is 5.60 Å². The minimum Gasteiger partial charge on any atom is -0.444 e. The number of amides is 1. The van der Waals surface area contributed by atoms with Crippen molar-refractivity contribution in [3.63, 3.8) is 0 Å². The Labute approximate surface area is 112 Å². The second-order valence-corrected chi connectivity index (χ2v) is 6.05. The van der Waals surface area contributed by atoms with Gasteiger partial charge in [-0.3, -0.25) is 0 Å². The Hall–Kier alpha value is -0.770. The van der Waals surface area contributed by atoms with Gasteiger partial charge in [-0.1, -0.05) is 20.3 Å². The molecule has 18 heavy (non-hydrogen) atoms. The first-order chi connectivity index (χ1) is 8.24. The maximum Gasteiger partial charge on any atom is 0.407 e. The molecule has 0 aromatic heterocycles. The van der Waals surface area contributed by atoms with Gasteiger partial charge in [-0.05, 0) is 53.1 Å². The van der Waals surface area contributed by atoms with E-state index in [0.717, 1.165) is 19.5 Å². The first kappa shape index (κ1) is 17.2. The number of hydrogen-bond donors (Lipinski definition) is 2. The molecule has 2 unspecified atom stereocenters. The zero-order valence-corrected chi connectivity index (χ0v) is 12.8. The molecule has 0 aromatic rings. The van der Waals surface area contributed by atoms with Crippen LogP contribution in [0.5, 0.6) is 0 Å². The molecule has 0 aliphatic heterocycles. The first-order valence-electron chi connectivity index (χ1n) is 6.94. The predicted octanol–water partition coefficient (Wildman–Crippen LogP) is 2.93. The van der Waals surface area contributed by atoms with Crippen molar-refractivity contribution in [1.82, 2.24) is 10.6 Å². The molecule has 0 aromatic carbocycles. The molecule has 0 radical (unpaired) electrons. The summed E-state index contributed by atoms with van der Waals surface area (Å²) in [5.74, 6) is 0.708. The van der Waals surface area contributed by atoms with Crippen LogP contribution in [-0.2, 0) is 4.74 Å². The van der Waals surface area contributed by atoms with Crippen molar-refractivity contribution in [3.05, 3.63) is 0 Å². The van der Waals surface area contributed by atoms with Crippen molar-refractivity contribution in [2.45, 2.75) is 66.0 Å². The van der Waals surface area contributed by atoms with Gasteiger partial charge >= 0.3 is 6.09 Å². The minimum atomic E-state index is -0.432. The number of carbonyl (C=O) groups excluding carboxylic acids is 1. The fourth-order valence-corrected chi connectivity index (χ4v) is 1.39. The third-order valence-electron chi connectivity index (χ3n) is 2.71. The maximum atomic E-state index is 11.5. The molecule has 108 valence electrons. The van der Waals surface area contributed by atoms with Crippen LogP contribution in [-0.4, -0.2) is 30.8 Å². The van der Waals surface area contributed by atoms with Crippen molar-refractivity contribution in [3.8, 4) is 0 Å². The monoisotopic (exact) mass is 258 g/mol. The normalized spacial score (nSPS) is 15.0. The topological polar surface area (TPSA) is 50.4 Å². The number of alkyl carbamates (subject to hydrolysis) is 1. The Kier molecular flexibility index (Phi) is 8.00. The molecule has 0 bridgehead atoms. The summed E-state index contributed by atoms with van der Waals surface area (Å²) < 4.78 is 5.20. The lowest BCUT2D eigenvalue weighted by Crippen LogP contribution is -2.39. The van der Waals surface area contributed by atoms with Crippen LogP contribution in [0.25, 0.3) is 0 Å². The highest BCUT2D eigenvalue weighted by atomic mass is 16.6. The summed E-state index contributed by atoms with van der Waals surface area (Å²) in [5, 5.41) is 6.23. The lowest BCUT2D eigenvalue weighted by atomic mass is 10.1. The molecule has 0 saturated carbocycles. The fourth-order valence-electron chi connectivity index (χ4n) is 1.39. The van der Waals surface area contributed by atoms with E-state index in [1.807, 2.05) is 27.7 Å². The molecular formula is C14H30N2O2. The van der Waals surface area contributed by atoms with E-state index in [-0.39, 0.29) is 12.1 Å². The van der Waals surface area contributed by atoms with Gasteiger partial charge in [0.2, 0.25) is 0 Å². The second kappa shape index (κ2) is 8.35. The maximum absolute atomic E-state index is 11.5. The van der Waals surface area contributed by atoms with Crippen molar-refractivity contribution >= 4 is 6.09 Å². The molecule has 0 saturated heterocycles. The van der Waals surface area contributed by atoms with Crippen molar-refractivity contribution in [2.24, 2.45) is 5.92 Å². The van der Waals surface area contributed by atoms with E-state index in [0.29, 0.717) is 5.92 Å². The molecule has 0 aliphatic rings. The summed E-state index contributed by atoms with van der Waals surface area (Å²) >= 11 is 0. The van der Waals surface area contributed by atoms with Crippen molar-refractivity contribution < 1.29 is 9.53 Å². The average Bonchev–Trinajstić information content (AvgIpc) is 2.21. The molecule has 2 N–H and O–H groups in total. The van der Waals surface area contributed by atoms with Crippen molar-refractivity contribution in [2.75, 3.05) is 13.1 Å². The van der Waals surface area contributed by atoms with Gasteiger partial charge in [-0.2, -0.15) is 0 Å². The van der Waals surface area contributed by atoms with E-state index in [1.165, 1.54) is 6.42 Å². The number of rotatable bonds is 7. The van der Waals surface area contributed by atoms with Gasteiger partial charge in [-0.25, -0.2) is 4.79 Å². The summed E-state index contributed by atoms with van der Waals surface area (Å²) in [5.41, 5.74) is -0.432. The van der Waals surface area contributed by atoms with Crippen LogP contribution in [0.3, 0.4) is 0 Å². The average molecular weight is 258 g/mol. The summed E-state index contributed by atoms with van der Waals surface area (Å²) in [6, 6.07) is 0.129. The third kappa shape index (κ3) is 10.4. The van der Waals surface area contributed by atoms with E-state index >= 15 is 0 Å². The van der Waals surface area contributed by atoms with Crippen molar-refractivity contribution in [1.29, 1.82) is 0 Å². The minimum absolute atomic E-state index is 0.129. The molecular weight excluding hydrogens is 228 g/mol. The van der Waals surface area contributed by atoms with Crippen LogP contribution >= 0.6 is 0 Å². The van der Waals surface area contributed by atoms with Crippen LogP contribution in [0, 0.1) is 5.92 Å². The Morgan fingerprint density at radius 3 is 2.39 bits per heavy atom. The van der Waals surface area contributed by atoms with Gasteiger partial charge in [0.1, 0.15) is 5.60 Å². The Bertz CT molecular complexity index is 236. The molecule has 0 spiro atoms. The Morgan fingerprint density at radius 2 is 1.89 bits per heavy atom. The highest BCUT2D eigenvalue weighted by Gasteiger charge is 2.17. The molecule has 2 atom stereocenters. The largest absolute Gasteiger partial charge is 0.444 e. The molecule has 0 rings (SSSR count). The quantitative estimate of drug-likeness (QED) is 0.690. The molecule has 1 amide bonds. The fraction of sp³-hybridized carbons (Fsp3) is 0.929. The van der Waals surface area contributed by atoms with Gasteiger partial charge in [-0.15, -0.1) is 0 Å².